The van der Waals surface area contributed by atoms with E-state index in [0.29, 0.717) is 6.61 Å². The molecule has 0 aromatic heterocycles. The van der Waals surface area contributed by atoms with E-state index in [1.807, 2.05) is 24.3 Å². The van der Waals surface area contributed by atoms with Gasteiger partial charge < -0.3 is 14.8 Å². The Morgan fingerprint density at radius 3 is 2.40 bits per heavy atom. The van der Waals surface area contributed by atoms with E-state index in [-0.39, 0.29) is 12.4 Å². The predicted octanol–water partition coefficient (Wildman–Crippen LogP) is 5.37. The fourth-order valence-corrected chi connectivity index (χ4v) is 2.59. The van der Waals surface area contributed by atoms with Gasteiger partial charge in [0.15, 0.2) is 11.5 Å². The molecule has 1 N–H and O–H groups in total. The fraction of sp³-hybridized carbons (Fsp3) is 0.429. The second-order valence-electron chi connectivity index (χ2n) is 6.00. The normalized spacial score (nSPS) is 10.2. The number of ether oxygens (including phenoxy) is 2. The summed E-state index contributed by atoms with van der Waals surface area (Å²) < 4.78 is 11.4. The van der Waals surface area contributed by atoms with Gasteiger partial charge in [0.1, 0.15) is 6.61 Å². The van der Waals surface area contributed by atoms with Crippen molar-refractivity contribution in [3.05, 3.63) is 59.7 Å². The Morgan fingerprint density at radius 2 is 1.68 bits per heavy atom. The van der Waals surface area contributed by atoms with Crippen LogP contribution in [0.25, 0.3) is 0 Å². The van der Waals surface area contributed by atoms with Gasteiger partial charge in [0, 0.05) is 6.54 Å². The van der Waals surface area contributed by atoms with Gasteiger partial charge in [-0.1, -0.05) is 62.6 Å². The average molecular weight is 364 g/mol. The van der Waals surface area contributed by atoms with Crippen LogP contribution >= 0.6 is 12.4 Å². The minimum absolute atomic E-state index is 0. The first-order valence-electron chi connectivity index (χ1n) is 8.88. The Hall–Kier alpha value is -1.71. The molecule has 0 amide bonds. The zero-order chi connectivity index (χ0) is 17.0. The first-order valence-corrected chi connectivity index (χ1v) is 8.88. The lowest BCUT2D eigenvalue weighted by Gasteiger charge is -2.13. The first-order chi connectivity index (χ1) is 11.8. The maximum atomic E-state index is 5.89. The molecule has 0 fully saturated rings. The molecule has 0 aliphatic rings. The van der Waals surface area contributed by atoms with E-state index in [1.54, 1.807) is 7.11 Å². The molecular formula is C21H30ClNO2. The lowest BCUT2D eigenvalue weighted by atomic mass is 10.2. The number of hydrogen-bond acceptors (Lipinski definition) is 3. The average Bonchev–Trinajstić information content (AvgIpc) is 2.64. The van der Waals surface area contributed by atoms with Crippen LogP contribution in [0, 0.1) is 0 Å². The molecule has 0 heterocycles. The third-order valence-corrected chi connectivity index (χ3v) is 4.00. The summed E-state index contributed by atoms with van der Waals surface area (Å²) in [5.74, 6) is 1.57. The Labute approximate surface area is 158 Å². The zero-order valence-electron chi connectivity index (χ0n) is 15.3. The second-order valence-corrected chi connectivity index (χ2v) is 6.00. The largest absolute Gasteiger partial charge is 0.493 e. The molecule has 0 unspecified atom stereocenters. The summed E-state index contributed by atoms with van der Waals surface area (Å²) in [5.41, 5.74) is 2.37. The quantitative estimate of drug-likeness (QED) is 0.545. The van der Waals surface area contributed by atoms with Crippen molar-refractivity contribution in [3.8, 4) is 11.5 Å². The third-order valence-electron chi connectivity index (χ3n) is 4.00. The van der Waals surface area contributed by atoms with Crippen LogP contribution in [0.15, 0.2) is 48.5 Å². The van der Waals surface area contributed by atoms with E-state index in [4.69, 9.17) is 9.47 Å². The van der Waals surface area contributed by atoms with Gasteiger partial charge in [-0.2, -0.15) is 0 Å². The molecule has 2 rings (SSSR count). The molecule has 0 spiro atoms. The maximum absolute atomic E-state index is 5.89. The number of unbranched alkanes of at least 4 members (excludes halogenated alkanes) is 3. The Balaban J connectivity index is 0.00000312. The summed E-state index contributed by atoms with van der Waals surface area (Å²) in [4.78, 5) is 0. The highest BCUT2D eigenvalue weighted by Crippen LogP contribution is 2.28. The van der Waals surface area contributed by atoms with Gasteiger partial charge in [0.25, 0.3) is 0 Å². The minimum Gasteiger partial charge on any atom is -0.493 e. The van der Waals surface area contributed by atoms with Crippen molar-refractivity contribution in [1.82, 2.24) is 5.32 Å². The van der Waals surface area contributed by atoms with Crippen LogP contribution in [0.5, 0.6) is 11.5 Å². The van der Waals surface area contributed by atoms with Crippen molar-refractivity contribution in [2.45, 2.75) is 45.8 Å². The predicted molar refractivity (Wildman–Crippen MR) is 107 cm³/mol. The van der Waals surface area contributed by atoms with Gasteiger partial charge in [-0.05, 0) is 36.2 Å². The molecule has 0 radical (unpaired) electrons. The molecule has 0 aliphatic carbocycles. The molecular weight excluding hydrogens is 334 g/mol. The third kappa shape index (κ3) is 7.80. The Kier molecular flexibility index (Phi) is 10.8. The van der Waals surface area contributed by atoms with Gasteiger partial charge in [-0.25, -0.2) is 0 Å². The van der Waals surface area contributed by atoms with Crippen LogP contribution in [-0.4, -0.2) is 13.7 Å². The number of rotatable bonds is 11. The van der Waals surface area contributed by atoms with E-state index in [2.05, 4.69) is 36.5 Å². The maximum Gasteiger partial charge on any atom is 0.161 e. The molecule has 4 heteroatoms. The van der Waals surface area contributed by atoms with Crippen molar-refractivity contribution in [3.63, 3.8) is 0 Å². The number of nitrogens with one attached hydrogen (secondary N) is 1. The zero-order valence-corrected chi connectivity index (χ0v) is 16.1. The van der Waals surface area contributed by atoms with Crippen molar-refractivity contribution in [2.75, 3.05) is 13.7 Å². The van der Waals surface area contributed by atoms with Crippen molar-refractivity contribution >= 4 is 12.4 Å². The molecule has 25 heavy (non-hydrogen) atoms. The van der Waals surface area contributed by atoms with Crippen LogP contribution in [0.3, 0.4) is 0 Å². The van der Waals surface area contributed by atoms with E-state index in [1.165, 1.54) is 31.2 Å². The molecule has 0 aliphatic heterocycles. The highest BCUT2D eigenvalue weighted by atomic mass is 35.5. The van der Waals surface area contributed by atoms with Crippen LogP contribution in [0.2, 0.25) is 0 Å². The molecule has 0 atom stereocenters. The van der Waals surface area contributed by atoms with E-state index < -0.39 is 0 Å². The highest BCUT2D eigenvalue weighted by Gasteiger charge is 2.06. The topological polar surface area (TPSA) is 30.5 Å². The van der Waals surface area contributed by atoms with Gasteiger partial charge in [-0.3, -0.25) is 0 Å². The summed E-state index contributed by atoms with van der Waals surface area (Å²) in [7, 11) is 1.69. The summed E-state index contributed by atoms with van der Waals surface area (Å²) in [6, 6.07) is 16.3. The van der Waals surface area contributed by atoms with Crippen LogP contribution in [0.4, 0.5) is 0 Å². The first kappa shape index (κ1) is 21.3. The molecule has 2 aromatic carbocycles. The molecule has 0 bridgehead atoms. The molecule has 0 saturated heterocycles. The van der Waals surface area contributed by atoms with Gasteiger partial charge in [-0.15, -0.1) is 12.4 Å². The number of methoxy groups -OCH3 is 1. The smallest absolute Gasteiger partial charge is 0.161 e. The Bertz CT molecular complexity index is 590. The summed E-state index contributed by atoms with van der Waals surface area (Å²) in [6.07, 6.45) is 5.15. The molecule has 3 nitrogen and oxygen atoms in total. The van der Waals surface area contributed by atoms with E-state index >= 15 is 0 Å². The van der Waals surface area contributed by atoms with Gasteiger partial charge in [0.05, 0.1) is 7.11 Å². The fourth-order valence-electron chi connectivity index (χ4n) is 2.59. The lowest BCUT2D eigenvalue weighted by molar-refractivity contribution is 0.284. The second kappa shape index (κ2) is 12.6. The van der Waals surface area contributed by atoms with Crippen molar-refractivity contribution in [1.29, 1.82) is 0 Å². The van der Waals surface area contributed by atoms with Gasteiger partial charge >= 0.3 is 0 Å². The monoisotopic (exact) mass is 363 g/mol. The Morgan fingerprint density at radius 1 is 0.880 bits per heavy atom. The number of hydrogen-bond donors (Lipinski definition) is 1. The molecule has 0 saturated carbocycles. The van der Waals surface area contributed by atoms with Crippen LogP contribution < -0.4 is 14.8 Å². The summed E-state index contributed by atoms with van der Waals surface area (Å²) in [5, 5.41) is 3.49. The van der Waals surface area contributed by atoms with Crippen molar-refractivity contribution < 1.29 is 9.47 Å². The van der Waals surface area contributed by atoms with E-state index in [9.17, 15) is 0 Å². The SMILES string of the molecule is CCCCCCNCc1ccc(OCc2ccccc2)c(OC)c1.Cl. The van der Waals surface area contributed by atoms with Crippen LogP contribution in [0.1, 0.15) is 43.7 Å². The molecule has 138 valence electrons. The van der Waals surface area contributed by atoms with Gasteiger partial charge in [0.2, 0.25) is 0 Å². The highest BCUT2D eigenvalue weighted by molar-refractivity contribution is 5.85. The number of benzene rings is 2. The summed E-state index contributed by atoms with van der Waals surface area (Å²) >= 11 is 0. The van der Waals surface area contributed by atoms with Crippen molar-refractivity contribution in [2.24, 2.45) is 0 Å². The molecule has 2 aromatic rings. The standard InChI is InChI=1S/C21H29NO2.ClH/c1-3-4-5-9-14-22-16-19-12-13-20(21(15-19)23-2)24-17-18-10-7-6-8-11-18;/h6-8,10-13,15,22H,3-5,9,14,16-17H2,1-2H3;1H. The number of halogens is 1. The minimum atomic E-state index is 0. The summed E-state index contributed by atoms with van der Waals surface area (Å²) in [6.45, 7) is 4.71. The van der Waals surface area contributed by atoms with Crippen LogP contribution in [-0.2, 0) is 13.2 Å². The lowest BCUT2D eigenvalue weighted by Crippen LogP contribution is -2.14. The van der Waals surface area contributed by atoms with E-state index in [0.717, 1.165) is 30.2 Å².